The van der Waals surface area contributed by atoms with Crippen LogP contribution in [-0.2, 0) is 0 Å². The summed E-state index contributed by atoms with van der Waals surface area (Å²) in [6.45, 7) is 0. The van der Waals surface area contributed by atoms with Gasteiger partial charge in [-0.25, -0.2) is 9.97 Å². The predicted octanol–water partition coefficient (Wildman–Crippen LogP) is 4.10. The maximum atomic E-state index is 6.29. The van der Waals surface area contributed by atoms with E-state index >= 15 is 0 Å². The molecule has 4 N–H and O–H groups in total. The van der Waals surface area contributed by atoms with Crippen molar-refractivity contribution in [2.45, 2.75) is 0 Å². The molecule has 0 fully saturated rings. The molecular weight excluding hydrogens is 340 g/mol. The van der Waals surface area contributed by atoms with E-state index < -0.39 is 0 Å². The number of nitrogens with zero attached hydrogens (tertiary/aromatic N) is 3. The van der Waals surface area contributed by atoms with Gasteiger partial charge in [-0.2, -0.15) is 0 Å². The summed E-state index contributed by atoms with van der Waals surface area (Å²) < 4.78 is 5.17. The van der Waals surface area contributed by atoms with E-state index in [4.69, 9.17) is 10.5 Å². The molecule has 134 valence electrons. The highest BCUT2D eigenvalue weighted by atomic mass is 16.5. The molecule has 0 radical (unpaired) electrons. The highest BCUT2D eigenvalue weighted by Crippen LogP contribution is 2.31. The molecule has 4 rings (SSSR count). The largest absolute Gasteiger partial charge is 0.497 e. The van der Waals surface area contributed by atoms with Gasteiger partial charge in [0.25, 0.3) is 0 Å². The Morgan fingerprint density at radius 3 is 2.41 bits per heavy atom. The Bertz CT molecular complexity index is 1080. The maximum Gasteiger partial charge on any atom is 0.159 e. The van der Waals surface area contributed by atoms with Crippen LogP contribution in [0.4, 0.5) is 28.7 Å². The number of rotatable bonds is 5. The van der Waals surface area contributed by atoms with Crippen LogP contribution in [0.15, 0.2) is 67.1 Å². The van der Waals surface area contributed by atoms with Crippen molar-refractivity contribution in [2.24, 2.45) is 0 Å². The van der Waals surface area contributed by atoms with Crippen LogP contribution < -0.4 is 21.1 Å². The van der Waals surface area contributed by atoms with Gasteiger partial charge in [-0.3, -0.25) is 4.98 Å². The number of nitrogen functional groups attached to an aromatic ring is 1. The second-order valence-electron chi connectivity index (χ2n) is 5.84. The van der Waals surface area contributed by atoms with Crippen molar-refractivity contribution < 1.29 is 4.74 Å². The monoisotopic (exact) mass is 358 g/mol. The minimum atomic E-state index is 0.425. The van der Waals surface area contributed by atoms with Crippen LogP contribution in [0.3, 0.4) is 0 Å². The van der Waals surface area contributed by atoms with Gasteiger partial charge in [-0.05, 0) is 48.5 Å². The molecular formula is C20H18N6O. The van der Waals surface area contributed by atoms with E-state index in [-0.39, 0.29) is 0 Å². The van der Waals surface area contributed by atoms with E-state index in [0.29, 0.717) is 17.3 Å². The van der Waals surface area contributed by atoms with Gasteiger partial charge in [0, 0.05) is 23.0 Å². The Labute approximate surface area is 156 Å². The first-order chi connectivity index (χ1) is 13.2. The van der Waals surface area contributed by atoms with Crippen LogP contribution in [0.2, 0.25) is 0 Å². The summed E-state index contributed by atoms with van der Waals surface area (Å²) >= 11 is 0. The zero-order valence-electron chi connectivity index (χ0n) is 14.7. The highest BCUT2D eigenvalue weighted by molar-refractivity contribution is 5.94. The third kappa shape index (κ3) is 3.43. The van der Waals surface area contributed by atoms with Crippen LogP contribution in [0.25, 0.3) is 10.9 Å². The molecule has 0 amide bonds. The van der Waals surface area contributed by atoms with Gasteiger partial charge in [-0.1, -0.05) is 6.07 Å². The molecule has 0 atom stereocenters. The van der Waals surface area contributed by atoms with Crippen molar-refractivity contribution in [3.63, 3.8) is 0 Å². The van der Waals surface area contributed by atoms with E-state index in [0.717, 1.165) is 28.0 Å². The number of benzene rings is 2. The average Bonchev–Trinajstić information content (AvgIpc) is 2.72. The number of anilines is 5. The summed E-state index contributed by atoms with van der Waals surface area (Å²) in [5.74, 6) is 1.83. The molecule has 0 saturated heterocycles. The number of aromatic nitrogens is 3. The minimum Gasteiger partial charge on any atom is -0.497 e. The lowest BCUT2D eigenvalue weighted by atomic mass is 10.2. The number of fused-ring (bicyclic) bond motifs is 1. The summed E-state index contributed by atoms with van der Waals surface area (Å²) in [6, 6.07) is 17.3. The van der Waals surface area contributed by atoms with Crippen molar-refractivity contribution >= 4 is 39.6 Å². The summed E-state index contributed by atoms with van der Waals surface area (Å²) in [6.07, 6.45) is 3.23. The van der Waals surface area contributed by atoms with Crippen molar-refractivity contribution in [3.05, 3.63) is 67.1 Å². The quantitative estimate of drug-likeness (QED) is 0.494. The van der Waals surface area contributed by atoms with Gasteiger partial charge in [0.1, 0.15) is 17.8 Å². The predicted molar refractivity (Wildman–Crippen MR) is 108 cm³/mol. The lowest BCUT2D eigenvalue weighted by Crippen LogP contribution is -2.05. The van der Waals surface area contributed by atoms with Gasteiger partial charge in [0.2, 0.25) is 0 Å². The van der Waals surface area contributed by atoms with Gasteiger partial charge >= 0.3 is 0 Å². The van der Waals surface area contributed by atoms with E-state index in [1.807, 2.05) is 54.6 Å². The molecule has 2 heterocycles. The standard InChI is InChI=1S/C20H18N6O/c1-27-14-9-7-13(8-10-14)25-19-18(21)20(24-12-23-19)26-17-6-2-5-16-15(17)4-3-11-22-16/h2-12H,21H2,1H3,(H2,23,24,25,26). The molecule has 0 spiro atoms. The molecule has 4 aromatic rings. The maximum absolute atomic E-state index is 6.29. The van der Waals surface area contributed by atoms with Crippen LogP contribution in [0, 0.1) is 0 Å². The second kappa shape index (κ2) is 7.17. The number of hydrogen-bond donors (Lipinski definition) is 3. The molecule has 2 aromatic heterocycles. The lowest BCUT2D eigenvalue weighted by molar-refractivity contribution is 0.415. The Kier molecular flexibility index (Phi) is 4.40. The summed E-state index contributed by atoms with van der Waals surface area (Å²) in [4.78, 5) is 12.9. The first kappa shape index (κ1) is 16.6. The average molecular weight is 358 g/mol. The van der Waals surface area contributed by atoms with E-state index in [2.05, 4.69) is 25.6 Å². The van der Waals surface area contributed by atoms with Crippen molar-refractivity contribution in [2.75, 3.05) is 23.5 Å². The highest BCUT2D eigenvalue weighted by Gasteiger charge is 2.10. The molecule has 7 nitrogen and oxygen atoms in total. The normalized spacial score (nSPS) is 10.6. The number of hydrogen-bond acceptors (Lipinski definition) is 7. The first-order valence-electron chi connectivity index (χ1n) is 8.37. The molecule has 2 aromatic carbocycles. The number of methoxy groups -OCH3 is 1. The fraction of sp³-hybridized carbons (Fsp3) is 0.0500. The van der Waals surface area contributed by atoms with E-state index in [1.54, 1.807) is 13.3 Å². The number of nitrogens with one attached hydrogen (secondary N) is 2. The fourth-order valence-corrected chi connectivity index (χ4v) is 2.75. The molecule has 0 saturated carbocycles. The van der Waals surface area contributed by atoms with Gasteiger partial charge in [0.05, 0.1) is 12.6 Å². The summed E-state index contributed by atoms with van der Waals surface area (Å²) in [7, 11) is 1.63. The number of ether oxygens (including phenoxy) is 1. The molecule has 0 aliphatic rings. The third-order valence-corrected chi connectivity index (χ3v) is 4.14. The topological polar surface area (TPSA) is 98.0 Å². The van der Waals surface area contributed by atoms with Crippen molar-refractivity contribution in [3.8, 4) is 5.75 Å². The van der Waals surface area contributed by atoms with Crippen LogP contribution >= 0.6 is 0 Å². The van der Waals surface area contributed by atoms with Gasteiger partial charge < -0.3 is 21.1 Å². The first-order valence-corrected chi connectivity index (χ1v) is 8.37. The fourth-order valence-electron chi connectivity index (χ4n) is 2.75. The summed E-state index contributed by atoms with van der Waals surface area (Å²) in [5, 5.41) is 7.47. The Morgan fingerprint density at radius 1 is 0.852 bits per heavy atom. The molecule has 0 bridgehead atoms. The van der Waals surface area contributed by atoms with Gasteiger partial charge in [-0.15, -0.1) is 0 Å². The van der Waals surface area contributed by atoms with Gasteiger partial charge in [0.15, 0.2) is 11.6 Å². The number of nitrogens with two attached hydrogens (primary N) is 1. The number of pyridine rings is 1. The lowest BCUT2D eigenvalue weighted by Gasteiger charge is -2.14. The Hall–Kier alpha value is -3.87. The van der Waals surface area contributed by atoms with E-state index in [9.17, 15) is 0 Å². The molecule has 7 heteroatoms. The smallest absolute Gasteiger partial charge is 0.159 e. The minimum absolute atomic E-state index is 0.425. The zero-order chi connectivity index (χ0) is 18.6. The molecule has 27 heavy (non-hydrogen) atoms. The van der Waals surface area contributed by atoms with E-state index in [1.165, 1.54) is 6.33 Å². The van der Waals surface area contributed by atoms with Crippen LogP contribution in [-0.4, -0.2) is 22.1 Å². The Morgan fingerprint density at radius 2 is 1.63 bits per heavy atom. The molecule has 0 aliphatic heterocycles. The van der Waals surface area contributed by atoms with Crippen molar-refractivity contribution in [1.29, 1.82) is 0 Å². The Balaban J connectivity index is 1.63. The summed E-state index contributed by atoms with van der Waals surface area (Å²) in [5.41, 5.74) is 9.33. The SMILES string of the molecule is COc1ccc(Nc2ncnc(Nc3cccc4ncccc34)c2N)cc1. The van der Waals surface area contributed by atoms with Crippen LogP contribution in [0.5, 0.6) is 5.75 Å². The molecule has 0 unspecified atom stereocenters. The van der Waals surface area contributed by atoms with Crippen molar-refractivity contribution in [1.82, 2.24) is 15.0 Å². The zero-order valence-corrected chi connectivity index (χ0v) is 14.7. The van der Waals surface area contributed by atoms with Crippen LogP contribution in [0.1, 0.15) is 0 Å². The molecule has 0 aliphatic carbocycles. The second-order valence-corrected chi connectivity index (χ2v) is 5.84. The third-order valence-electron chi connectivity index (χ3n) is 4.14.